The molecule has 0 aliphatic rings. The standard InChI is InChI=1S/C44H25NO3/c1-3-11-29-26(9-1)20-23-33-35-25-28(21-24-39(35)47-42(29)33)45(36-15-8-18-40-41(36)34-13-5-6-17-38(34)46-40)37-16-7-14-31-32-22-19-27-10-2-4-12-30(27)43(32)48-44(31)37/h1-25H. The van der Waals surface area contributed by atoms with Gasteiger partial charge in [-0.2, -0.15) is 0 Å². The third kappa shape index (κ3) is 3.49. The smallest absolute Gasteiger partial charge is 0.159 e. The van der Waals surface area contributed by atoms with Crippen LogP contribution in [0.2, 0.25) is 0 Å². The molecular formula is C44H25NO3. The molecule has 0 radical (unpaired) electrons. The monoisotopic (exact) mass is 615 g/mol. The van der Waals surface area contributed by atoms with Gasteiger partial charge in [-0.25, -0.2) is 0 Å². The molecule has 11 rings (SSSR count). The van der Waals surface area contributed by atoms with Gasteiger partial charge in [0, 0.05) is 43.4 Å². The minimum absolute atomic E-state index is 0.830. The van der Waals surface area contributed by atoms with Crippen molar-refractivity contribution in [1.82, 2.24) is 0 Å². The SMILES string of the molecule is c1ccc2c(c1)ccc1c3cc(N(c4cccc5c4oc4c6ccccc6ccc54)c4cccc5oc6ccccc6c45)ccc3oc21. The number of hydrogen-bond donors (Lipinski definition) is 0. The van der Waals surface area contributed by atoms with E-state index in [1.807, 2.05) is 18.2 Å². The second-order valence-electron chi connectivity index (χ2n) is 12.4. The number of fused-ring (bicyclic) bond motifs is 13. The maximum Gasteiger partial charge on any atom is 0.159 e. The lowest BCUT2D eigenvalue weighted by molar-refractivity contribution is 0.668. The van der Waals surface area contributed by atoms with Crippen molar-refractivity contribution in [3.05, 3.63) is 152 Å². The van der Waals surface area contributed by atoms with Crippen LogP contribution >= 0.6 is 0 Å². The second kappa shape index (κ2) is 9.50. The van der Waals surface area contributed by atoms with Gasteiger partial charge in [0.2, 0.25) is 0 Å². The Morgan fingerprint density at radius 2 is 0.917 bits per heavy atom. The molecule has 0 N–H and O–H groups in total. The van der Waals surface area contributed by atoms with Crippen LogP contribution in [-0.4, -0.2) is 0 Å². The lowest BCUT2D eigenvalue weighted by Gasteiger charge is -2.26. The van der Waals surface area contributed by atoms with Crippen molar-refractivity contribution >= 4 is 104 Å². The van der Waals surface area contributed by atoms with Crippen LogP contribution in [0, 0.1) is 0 Å². The van der Waals surface area contributed by atoms with Crippen molar-refractivity contribution < 1.29 is 13.3 Å². The lowest BCUT2D eigenvalue weighted by atomic mass is 10.0. The molecule has 3 aromatic heterocycles. The fraction of sp³-hybridized carbons (Fsp3) is 0. The summed E-state index contributed by atoms with van der Waals surface area (Å²) in [6.07, 6.45) is 0. The molecule has 0 unspecified atom stereocenters. The highest BCUT2D eigenvalue weighted by atomic mass is 16.3. The molecule has 0 spiro atoms. The topological polar surface area (TPSA) is 42.7 Å². The van der Waals surface area contributed by atoms with E-state index in [0.29, 0.717) is 0 Å². The largest absolute Gasteiger partial charge is 0.456 e. The molecule has 11 aromatic rings. The summed E-state index contributed by atoms with van der Waals surface area (Å²) in [6, 6.07) is 52.9. The van der Waals surface area contributed by atoms with Crippen molar-refractivity contribution in [2.45, 2.75) is 0 Å². The van der Waals surface area contributed by atoms with E-state index in [4.69, 9.17) is 13.3 Å². The Kier molecular flexibility index (Phi) is 5.08. The molecule has 224 valence electrons. The summed E-state index contributed by atoms with van der Waals surface area (Å²) in [7, 11) is 0. The molecule has 0 aliphatic heterocycles. The fourth-order valence-electron chi connectivity index (χ4n) is 7.67. The third-order valence-electron chi connectivity index (χ3n) is 9.83. The first-order valence-corrected chi connectivity index (χ1v) is 16.2. The Morgan fingerprint density at radius 3 is 1.73 bits per heavy atom. The van der Waals surface area contributed by atoms with Crippen LogP contribution in [0.25, 0.3) is 87.4 Å². The lowest BCUT2D eigenvalue weighted by Crippen LogP contribution is -2.10. The molecule has 0 fully saturated rings. The van der Waals surface area contributed by atoms with Crippen molar-refractivity contribution in [3.63, 3.8) is 0 Å². The maximum absolute atomic E-state index is 6.91. The molecular weight excluding hydrogens is 590 g/mol. The molecule has 0 amide bonds. The van der Waals surface area contributed by atoms with Gasteiger partial charge in [-0.3, -0.25) is 0 Å². The number of rotatable bonds is 3. The molecule has 0 saturated carbocycles. The van der Waals surface area contributed by atoms with Gasteiger partial charge in [-0.15, -0.1) is 0 Å². The first-order chi connectivity index (χ1) is 23.8. The summed E-state index contributed by atoms with van der Waals surface area (Å²) in [5.41, 5.74) is 8.12. The van der Waals surface area contributed by atoms with Crippen LogP contribution < -0.4 is 4.90 Å². The molecule has 8 aromatic carbocycles. The van der Waals surface area contributed by atoms with Crippen LogP contribution in [0.5, 0.6) is 0 Å². The summed E-state index contributed by atoms with van der Waals surface area (Å²) >= 11 is 0. The van der Waals surface area contributed by atoms with Crippen LogP contribution in [-0.2, 0) is 0 Å². The molecule has 0 saturated heterocycles. The van der Waals surface area contributed by atoms with E-state index in [1.54, 1.807) is 0 Å². The molecule has 0 bridgehead atoms. The van der Waals surface area contributed by atoms with Gasteiger partial charge >= 0.3 is 0 Å². The zero-order valence-corrected chi connectivity index (χ0v) is 25.6. The van der Waals surface area contributed by atoms with Crippen molar-refractivity contribution in [2.75, 3.05) is 4.90 Å². The average molecular weight is 616 g/mol. The van der Waals surface area contributed by atoms with E-state index in [9.17, 15) is 0 Å². The molecule has 4 heteroatoms. The van der Waals surface area contributed by atoms with E-state index in [1.165, 1.54) is 0 Å². The number of hydrogen-bond acceptors (Lipinski definition) is 4. The predicted octanol–water partition coefficient (Wildman–Crippen LogP) is 13.2. The first kappa shape index (κ1) is 25.6. The van der Waals surface area contributed by atoms with E-state index >= 15 is 0 Å². The number of para-hydroxylation sites is 2. The number of furan rings is 3. The number of anilines is 3. The summed E-state index contributed by atoms with van der Waals surface area (Å²) in [6.45, 7) is 0. The minimum atomic E-state index is 0.830. The van der Waals surface area contributed by atoms with E-state index in [2.05, 4.69) is 138 Å². The average Bonchev–Trinajstić information content (AvgIpc) is 3.84. The Labute approximate surface area is 273 Å². The van der Waals surface area contributed by atoms with E-state index in [-0.39, 0.29) is 0 Å². The first-order valence-electron chi connectivity index (χ1n) is 16.2. The van der Waals surface area contributed by atoms with Gasteiger partial charge in [0.1, 0.15) is 27.9 Å². The highest BCUT2D eigenvalue weighted by Crippen LogP contribution is 2.48. The van der Waals surface area contributed by atoms with Gasteiger partial charge in [0.05, 0.1) is 16.8 Å². The second-order valence-corrected chi connectivity index (χ2v) is 12.4. The predicted molar refractivity (Wildman–Crippen MR) is 198 cm³/mol. The Bertz CT molecular complexity index is 3090. The quantitative estimate of drug-likeness (QED) is 0.198. The highest BCUT2D eigenvalue weighted by Gasteiger charge is 2.24. The fourth-order valence-corrected chi connectivity index (χ4v) is 7.67. The summed E-state index contributed by atoms with van der Waals surface area (Å²) in [5.74, 6) is 0. The van der Waals surface area contributed by atoms with E-state index in [0.717, 1.165) is 104 Å². The number of nitrogens with zero attached hydrogens (tertiary/aromatic N) is 1. The number of benzene rings is 8. The van der Waals surface area contributed by atoms with Gasteiger partial charge in [-0.1, -0.05) is 97.1 Å². The van der Waals surface area contributed by atoms with Crippen LogP contribution in [0.4, 0.5) is 17.1 Å². The summed E-state index contributed by atoms with van der Waals surface area (Å²) in [5, 5.41) is 11.0. The Morgan fingerprint density at radius 1 is 0.333 bits per heavy atom. The molecule has 3 heterocycles. The molecule has 0 atom stereocenters. The molecule has 48 heavy (non-hydrogen) atoms. The molecule has 0 aliphatic carbocycles. The Balaban J connectivity index is 1.25. The van der Waals surface area contributed by atoms with Crippen molar-refractivity contribution in [2.24, 2.45) is 0 Å². The normalized spacial score (nSPS) is 12.2. The van der Waals surface area contributed by atoms with Gasteiger partial charge in [-0.05, 0) is 65.4 Å². The maximum atomic E-state index is 6.91. The van der Waals surface area contributed by atoms with Crippen LogP contribution in [0.15, 0.2) is 165 Å². The van der Waals surface area contributed by atoms with Crippen LogP contribution in [0.3, 0.4) is 0 Å². The third-order valence-corrected chi connectivity index (χ3v) is 9.83. The van der Waals surface area contributed by atoms with Gasteiger partial charge < -0.3 is 18.2 Å². The molecule has 4 nitrogen and oxygen atoms in total. The Hall–Kier alpha value is -6.52. The summed E-state index contributed by atoms with van der Waals surface area (Å²) < 4.78 is 19.8. The van der Waals surface area contributed by atoms with Crippen molar-refractivity contribution in [1.29, 1.82) is 0 Å². The van der Waals surface area contributed by atoms with Crippen LogP contribution in [0.1, 0.15) is 0 Å². The van der Waals surface area contributed by atoms with Gasteiger partial charge in [0.15, 0.2) is 5.58 Å². The minimum Gasteiger partial charge on any atom is -0.456 e. The zero-order chi connectivity index (χ0) is 31.3. The van der Waals surface area contributed by atoms with E-state index < -0.39 is 0 Å². The zero-order valence-electron chi connectivity index (χ0n) is 25.6. The van der Waals surface area contributed by atoms with Gasteiger partial charge in [0.25, 0.3) is 0 Å². The summed E-state index contributed by atoms with van der Waals surface area (Å²) in [4.78, 5) is 2.32. The highest BCUT2D eigenvalue weighted by molar-refractivity contribution is 6.20. The van der Waals surface area contributed by atoms with Crippen molar-refractivity contribution in [3.8, 4) is 0 Å².